The van der Waals surface area contributed by atoms with Gasteiger partial charge in [0.05, 0.1) is 22.2 Å². The smallest absolute Gasteiger partial charge is 0.259 e. The van der Waals surface area contributed by atoms with Gasteiger partial charge >= 0.3 is 0 Å². The van der Waals surface area contributed by atoms with Gasteiger partial charge in [-0.3, -0.25) is 19.7 Å². The van der Waals surface area contributed by atoms with E-state index in [9.17, 15) is 14.4 Å². The summed E-state index contributed by atoms with van der Waals surface area (Å²) in [5.74, 6) is -1.27. The van der Waals surface area contributed by atoms with Gasteiger partial charge in [0.1, 0.15) is 0 Å². The Morgan fingerprint density at radius 2 is 1.68 bits per heavy atom. The summed E-state index contributed by atoms with van der Waals surface area (Å²) >= 11 is 0. The first-order valence-corrected chi connectivity index (χ1v) is 9.56. The van der Waals surface area contributed by atoms with Crippen molar-refractivity contribution >= 4 is 51.9 Å². The fourth-order valence-electron chi connectivity index (χ4n) is 3.92. The molecule has 0 unspecified atom stereocenters. The van der Waals surface area contributed by atoms with E-state index in [0.29, 0.717) is 35.1 Å². The third-order valence-corrected chi connectivity index (χ3v) is 5.44. The third-order valence-electron chi connectivity index (χ3n) is 5.44. The number of benzene rings is 3. The lowest BCUT2D eigenvalue weighted by atomic mass is 9.98. The van der Waals surface area contributed by atoms with Crippen LogP contribution in [0.25, 0.3) is 21.8 Å². The number of rotatable bonds is 4. The molecule has 3 aromatic carbocycles. The summed E-state index contributed by atoms with van der Waals surface area (Å²) < 4.78 is 0. The molecule has 0 atom stereocenters. The lowest BCUT2D eigenvalue weighted by Gasteiger charge is -2.09. The van der Waals surface area contributed by atoms with Crippen LogP contribution in [0, 0.1) is 0 Å². The maximum absolute atomic E-state index is 13.1. The number of H-pyrrole nitrogens is 1. The minimum absolute atomic E-state index is 0. The first-order valence-electron chi connectivity index (χ1n) is 9.56. The summed E-state index contributed by atoms with van der Waals surface area (Å²) in [6, 6.07) is 16.6. The Hall–Kier alpha value is -3.68. The second kappa shape index (κ2) is 7.86. The second-order valence-electron chi connectivity index (χ2n) is 7.25. The second-order valence-corrected chi connectivity index (χ2v) is 7.25. The normalized spacial score (nSPS) is 12.5. The Morgan fingerprint density at radius 1 is 0.968 bits per heavy atom. The minimum Gasteiger partial charge on any atom is -0.354 e. The highest BCUT2D eigenvalue weighted by Crippen LogP contribution is 2.35. The monoisotopic (exact) mass is 434 g/mol. The van der Waals surface area contributed by atoms with Crippen molar-refractivity contribution in [3.05, 3.63) is 82.4 Å². The molecule has 1 aliphatic heterocycles. The molecule has 31 heavy (non-hydrogen) atoms. The van der Waals surface area contributed by atoms with Crippen LogP contribution in [-0.4, -0.2) is 22.7 Å². The predicted octanol–water partition coefficient (Wildman–Crippen LogP) is 3.02. The zero-order chi connectivity index (χ0) is 20.8. The molecule has 1 aromatic heterocycles. The fraction of sp³-hybridized carbons (Fsp3) is 0.0870. The number of carbonyl (C=O) groups excluding carboxylic acids is 3. The van der Waals surface area contributed by atoms with Crippen molar-refractivity contribution in [3.63, 3.8) is 0 Å². The number of hydrogen-bond acceptors (Lipinski definition) is 4. The highest BCUT2D eigenvalue weighted by molar-refractivity contribution is 6.32. The molecule has 0 spiro atoms. The molecule has 5 N–H and O–H groups in total. The van der Waals surface area contributed by atoms with E-state index in [4.69, 9.17) is 5.73 Å². The quantitative estimate of drug-likeness (QED) is 0.369. The van der Waals surface area contributed by atoms with E-state index in [2.05, 4.69) is 15.6 Å². The van der Waals surface area contributed by atoms with Gasteiger partial charge in [-0.15, -0.1) is 12.4 Å². The maximum atomic E-state index is 13.1. The van der Waals surface area contributed by atoms with E-state index in [1.54, 1.807) is 0 Å². The maximum Gasteiger partial charge on any atom is 0.259 e. The molecule has 0 radical (unpaired) electrons. The Bertz CT molecular complexity index is 1360. The van der Waals surface area contributed by atoms with Crippen molar-refractivity contribution in [2.24, 2.45) is 5.73 Å². The number of aromatic amines is 1. The average molecular weight is 435 g/mol. The largest absolute Gasteiger partial charge is 0.354 e. The highest BCUT2D eigenvalue weighted by Gasteiger charge is 2.32. The van der Waals surface area contributed by atoms with Crippen LogP contribution in [0.2, 0.25) is 0 Å². The van der Waals surface area contributed by atoms with Gasteiger partial charge in [0, 0.05) is 29.4 Å². The number of imide groups is 1. The molecule has 156 valence electrons. The minimum atomic E-state index is -0.492. The van der Waals surface area contributed by atoms with E-state index in [-0.39, 0.29) is 23.9 Å². The number of amides is 3. The van der Waals surface area contributed by atoms with Gasteiger partial charge in [0.2, 0.25) is 0 Å². The molecule has 2 heterocycles. The van der Waals surface area contributed by atoms with Crippen molar-refractivity contribution in [2.75, 3.05) is 0 Å². The van der Waals surface area contributed by atoms with Crippen LogP contribution in [0.15, 0.2) is 54.6 Å². The average Bonchev–Trinajstić information content (AvgIpc) is 3.28. The molecular formula is C23H19ClN4O3. The van der Waals surface area contributed by atoms with Crippen molar-refractivity contribution in [3.8, 4) is 0 Å². The fourth-order valence-corrected chi connectivity index (χ4v) is 3.92. The van der Waals surface area contributed by atoms with Gasteiger partial charge in [-0.05, 0) is 23.3 Å². The molecule has 0 fully saturated rings. The standard InChI is InChI=1S/C23H18N4O3.ClH/c24-10-12-5-7-13(8-6-12)11-25-21(28)16-9-15-19(23(30)27-22(15)29)18-14-3-1-2-4-17(14)26-20(16)18;/h1-9,26H,10-11,24H2,(H,25,28)(H,27,29,30);1H. The Labute approximate surface area is 183 Å². The highest BCUT2D eigenvalue weighted by atomic mass is 35.5. The topological polar surface area (TPSA) is 117 Å². The molecule has 0 bridgehead atoms. The Morgan fingerprint density at radius 3 is 2.42 bits per heavy atom. The van der Waals surface area contributed by atoms with Crippen LogP contribution in [0.4, 0.5) is 0 Å². The Kier molecular flexibility index (Phi) is 5.22. The van der Waals surface area contributed by atoms with E-state index >= 15 is 0 Å². The van der Waals surface area contributed by atoms with Gasteiger partial charge < -0.3 is 16.0 Å². The number of aromatic nitrogens is 1. The number of halogens is 1. The molecule has 4 aromatic rings. The summed E-state index contributed by atoms with van der Waals surface area (Å²) in [4.78, 5) is 41.0. The summed E-state index contributed by atoms with van der Waals surface area (Å²) in [5, 5.41) is 6.61. The zero-order valence-electron chi connectivity index (χ0n) is 16.3. The van der Waals surface area contributed by atoms with Gasteiger partial charge in [0.25, 0.3) is 17.7 Å². The molecule has 5 rings (SSSR count). The molecule has 3 amide bonds. The van der Waals surface area contributed by atoms with Crippen LogP contribution in [0.5, 0.6) is 0 Å². The van der Waals surface area contributed by atoms with Gasteiger partial charge in [-0.1, -0.05) is 42.5 Å². The first kappa shape index (κ1) is 20.6. The van der Waals surface area contributed by atoms with Crippen molar-refractivity contribution in [1.29, 1.82) is 0 Å². The van der Waals surface area contributed by atoms with Gasteiger partial charge in [0.15, 0.2) is 0 Å². The summed E-state index contributed by atoms with van der Waals surface area (Å²) in [7, 11) is 0. The Balaban J connectivity index is 0.00000231. The van der Waals surface area contributed by atoms with E-state index in [1.165, 1.54) is 6.07 Å². The predicted molar refractivity (Wildman–Crippen MR) is 120 cm³/mol. The molecule has 0 saturated heterocycles. The molecule has 8 heteroatoms. The number of fused-ring (bicyclic) bond motifs is 5. The van der Waals surface area contributed by atoms with Crippen molar-refractivity contribution in [2.45, 2.75) is 13.1 Å². The van der Waals surface area contributed by atoms with Crippen LogP contribution in [-0.2, 0) is 13.1 Å². The molecule has 1 aliphatic rings. The van der Waals surface area contributed by atoms with Crippen molar-refractivity contribution in [1.82, 2.24) is 15.6 Å². The van der Waals surface area contributed by atoms with E-state index in [0.717, 1.165) is 22.0 Å². The van der Waals surface area contributed by atoms with Gasteiger partial charge in [-0.2, -0.15) is 0 Å². The summed E-state index contributed by atoms with van der Waals surface area (Å²) in [6.45, 7) is 0.786. The molecular weight excluding hydrogens is 416 g/mol. The summed E-state index contributed by atoms with van der Waals surface area (Å²) in [5.41, 5.74) is 9.74. The third kappa shape index (κ3) is 3.34. The number of hydrogen-bond donors (Lipinski definition) is 4. The molecule has 0 saturated carbocycles. The van der Waals surface area contributed by atoms with Gasteiger partial charge in [-0.25, -0.2) is 0 Å². The molecule has 0 aliphatic carbocycles. The number of para-hydroxylation sites is 1. The van der Waals surface area contributed by atoms with E-state index < -0.39 is 11.8 Å². The van der Waals surface area contributed by atoms with Crippen LogP contribution in [0.1, 0.15) is 42.2 Å². The first-order chi connectivity index (χ1) is 14.6. The zero-order valence-corrected chi connectivity index (χ0v) is 17.1. The number of carbonyl (C=O) groups is 3. The SMILES string of the molecule is Cl.NCc1ccc(CNC(=O)c2cc3c(c4c2[nH]c2ccccc24)C(=O)NC3=O)cc1. The summed E-state index contributed by atoms with van der Waals surface area (Å²) in [6.07, 6.45) is 0. The lowest BCUT2D eigenvalue weighted by molar-refractivity contribution is 0.0879. The lowest BCUT2D eigenvalue weighted by Crippen LogP contribution is -2.23. The number of nitrogens with two attached hydrogens (primary N) is 1. The van der Waals surface area contributed by atoms with Crippen molar-refractivity contribution < 1.29 is 14.4 Å². The van der Waals surface area contributed by atoms with E-state index in [1.807, 2.05) is 48.5 Å². The van der Waals surface area contributed by atoms with Crippen LogP contribution >= 0.6 is 12.4 Å². The molecule has 7 nitrogen and oxygen atoms in total. The van der Waals surface area contributed by atoms with Crippen LogP contribution in [0.3, 0.4) is 0 Å². The van der Waals surface area contributed by atoms with Crippen LogP contribution < -0.4 is 16.4 Å². The number of nitrogens with one attached hydrogen (secondary N) is 3.